The van der Waals surface area contributed by atoms with Crippen molar-refractivity contribution < 1.29 is 23.7 Å². The number of hydrogen-bond donors (Lipinski definition) is 0. The summed E-state index contributed by atoms with van der Waals surface area (Å²) in [5, 5.41) is 10.9. The van der Waals surface area contributed by atoms with Crippen LogP contribution in [0.4, 0.5) is 15.8 Å². The maximum atomic E-state index is 13.1. The minimum Gasteiger partial charge on any atom is -0.289 e. The third kappa shape index (κ3) is 3.06. The summed E-state index contributed by atoms with van der Waals surface area (Å²) in [6, 6.07) is 14.2. The Morgan fingerprint density at radius 2 is 1.52 bits per heavy atom. The van der Waals surface area contributed by atoms with Gasteiger partial charge in [-0.15, -0.1) is 0 Å². The lowest BCUT2D eigenvalue weighted by Crippen LogP contribution is -2.29. The molecule has 29 heavy (non-hydrogen) atoms. The number of carbonyl (C=O) groups is 3. The molecule has 142 valence electrons. The van der Waals surface area contributed by atoms with Crippen LogP contribution in [0, 0.1) is 15.9 Å². The predicted octanol–water partition coefficient (Wildman–Crippen LogP) is 3.77. The van der Waals surface area contributed by atoms with Crippen LogP contribution < -0.4 is 4.90 Å². The Balaban J connectivity index is 1.70. The first-order valence-electron chi connectivity index (χ1n) is 8.44. The number of rotatable bonds is 4. The Morgan fingerprint density at radius 1 is 0.862 bits per heavy atom. The number of amides is 2. The molecule has 0 radical (unpaired) electrons. The summed E-state index contributed by atoms with van der Waals surface area (Å²) >= 11 is 0. The number of nitro groups is 1. The number of ketones is 1. The SMILES string of the molecule is O=C(c1cccc([N+](=O)[O-])c1)c1ccc2c(c1)C(=O)N(c1ccc(F)cc1)C2=O. The van der Waals surface area contributed by atoms with E-state index < -0.39 is 28.3 Å². The van der Waals surface area contributed by atoms with E-state index in [1.807, 2.05) is 0 Å². The third-order valence-electron chi connectivity index (χ3n) is 4.55. The van der Waals surface area contributed by atoms with Crippen LogP contribution in [0.5, 0.6) is 0 Å². The van der Waals surface area contributed by atoms with E-state index in [2.05, 4.69) is 0 Å². The lowest BCUT2D eigenvalue weighted by atomic mass is 9.99. The number of halogens is 1. The average Bonchev–Trinajstić information content (AvgIpc) is 2.98. The van der Waals surface area contributed by atoms with Crippen LogP contribution in [0.15, 0.2) is 66.7 Å². The second-order valence-electron chi connectivity index (χ2n) is 6.32. The van der Waals surface area contributed by atoms with E-state index in [0.717, 1.165) is 23.1 Å². The molecule has 3 aromatic rings. The Kier molecular flexibility index (Phi) is 4.23. The molecule has 0 N–H and O–H groups in total. The van der Waals surface area contributed by atoms with Crippen molar-refractivity contribution in [3.8, 4) is 0 Å². The fourth-order valence-corrected chi connectivity index (χ4v) is 3.13. The van der Waals surface area contributed by atoms with Gasteiger partial charge < -0.3 is 0 Å². The fourth-order valence-electron chi connectivity index (χ4n) is 3.13. The minimum atomic E-state index is -0.634. The van der Waals surface area contributed by atoms with Gasteiger partial charge in [0.15, 0.2) is 5.78 Å². The van der Waals surface area contributed by atoms with Crippen LogP contribution in [0.1, 0.15) is 36.6 Å². The Bertz CT molecular complexity index is 1200. The Hall–Kier alpha value is -4.20. The smallest absolute Gasteiger partial charge is 0.270 e. The number of carbonyl (C=O) groups excluding carboxylic acids is 3. The first-order valence-corrected chi connectivity index (χ1v) is 8.44. The van der Waals surface area contributed by atoms with Crippen molar-refractivity contribution in [2.24, 2.45) is 0 Å². The summed E-state index contributed by atoms with van der Waals surface area (Å²) < 4.78 is 13.1. The van der Waals surface area contributed by atoms with Gasteiger partial charge in [-0.05, 0) is 36.4 Å². The maximum absolute atomic E-state index is 13.1. The summed E-state index contributed by atoms with van der Waals surface area (Å²) in [7, 11) is 0. The highest BCUT2D eigenvalue weighted by Gasteiger charge is 2.37. The van der Waals surface area contributed by atoms with E-state index in [9.17, 15) is 28.9 Å². The molecule has 0 atom stereocenters. The zero-order chi connectivity index (χ0) is 20.7. The summed E-state index contributed by atoms with van der Waals surface area (Å²) in [5.74, 6) is -2.23. The second kappa shape index (κ2) is 6.75. The molecule has 1 aliphatic rings. The molecule has 0 bridgehead atoms. The lowest BCUT2D eigenvalue weighted by molar-refractivity contribution is -0.384. The molecule has 7 nitrogen and oxygen atoms in total. The van der Waals surface area contributed by atoms with Crippen LogP contribution in [0.25, 0.3) is 0 Å². The predicted molar refractivity (Wildman–Crippen MR) is 101 cm³/mol. The molecular formula is C21H11FN2O5. The van der Waals surface area contributed by atoms with Crippen molar-refractivity contribution in [1.82, 2.24) is 0 Å². The van der Waals surface area contributed by atoms with Crippen molar-refractivity contribution >= 4 is 29.0 Å². The van der Waals surface area contributed by atoms with Crippen LogP contribution in [0.2, 0.25) is 0 Å². The highest BCUT2D eigenvalue weighted by Crippen LogP contribution is 2.30. The summed E-state index contributed by atoms with van der Waals surface area (Å²) in [4.78, 5) is 49.3. The van der Waals surface area contributed by atoms with Crippen molar-refractivity contribution in [3.05, 3.63) is 105 Å². The summed E-state index contributed by atoms with van der Waals surface area (Å²) in [6.45, 7) is 0. The van der Waals surface area contributed by atoms with Crippen molar-refractivity contribution in [3.63, 3.8) is 0 Å². The molecule has 4 rings (SSSR count). The van der Waals surface area contributed by atoms with E-state index in [0.29, 0.717) is 0 Å². The Labute approximate surface area is 163 Å². The molecule has 1 aliphatic heterocycles. The minimum absolute atomic E-state index is 0.0376. The average molecular weight is 390 g/mol. The van der Waals surface area contributed by atoms with Crippen LogP contribution in [-0.2, 0) is 0 Å². The van der Waals surface area contributed by atoms with Crippen molar-refractivity contribution in [2.75, 3.05) is 4.90 Å². The highest BCUT2D eigenvalue weighted by atomic mass is 19.1. The molecular weight excluding hydrogens is 379 g/mol. The number of non-ortho nitro benzene ring substituents is 1. The number of hydrogen-bond acceptors (Lipinski definition) is 5. The van der Waals surface area contributed by atoms with E-state index in [1.165, 1.54) is 48.5 Å². The normalized spacial score (nSPS) is 12.8. The number of imide groups is 1. The van der Waals surface area contributed by atoms with Gasteiger partial charge in [0, 0.05) is 23.3 Å². The topological polar surface area (TPSA) is 97.6 Å². The Morgan fingerprint density at radius 3 is 2.21 bits per heavy atom. The van der Waals surface area contributed by atoms with Crippen LogP contribution in [-0.4, -0.2) is 22.5 Å². The van der Waals surface area contributed by atoms with Crippen molar-refractivity contribution in [2.45, 2.75) is 0 Å². The molecule has 8 heteroatoms. The molecule has 0 saturated carbocycles. The number of nitro benzene ring substituents is 1. The first kappa shape index (κ1) is 18.2. The molecule has 0 spiro atoms. The molecule has 0 aromatic heterocycles. The van der Waals surface area contributed by atoms with Gasteiger partial charge in [-0.25, -0.2) is 9.29 Å². The largest absolute Gasteiger partial charge is 0.289 e. The maximum Gasteiger partial charge on any atom is 0.270 e. The molecule has 0 aliphatic carbocycles. The second-order valence-corrected chi connectivity index (χ2v) is 6.32. The zero-order valence-corrected chi connectivity index (χ0v) is 14.7. The van der Waals surface area contributed by atoms with Crippen molar-refractivity contribution in [1.29, 1.82) is 0 Å². The third-order valence-corrected chi connectivity index (χ3v) is 4.55. The van der Waals surface area contributed by atoms with E-state index >= 15 is 0 Å². The zero-order valence-electron chi connectivity index (χ0n) is 14.7. The summed E-state index contributed by atoms with van der Waals surface area (Å²) in [6.07, 6.45) is 0. The molecule has 1 heterocycles. The van der Waals surface area contributed by atoms with Crippen LogP contribution >= 0.6 is 0 Å². The molecule has 2 amide bonds. The first-order chi connectivity index (χ1) is 13.9. The molecule has 0 unspecified atom stereocenters. The van der Waals surface area contributed by atoms with Gasteiger partial charge >= 0.3 is 0 Å². The van der Waals surface area contributed by atoms with Gasteiger partial charge in [0.05, 0.1) is 21.7 Å². The van der Waals surface area contributed by atoms with Gasteiger partial charge in [0.2, 0.25) is 0 Å². The lowest BCUT2D eigenvalue weighted by Gasteiger charge is -2.13. The molecule has 0 saturated heterocycles. The van der Waals surface area contributed by atoms with Gasteiger partial charge in [0.1, 0.15) is 5.82 Å². The van der Waals surface area contributed by atoms with Crippen LogP contribution in [0.3, 0.4) is 0 Å². The quantitative estimate of drug-likeness (QED) is 0.292. The number of fused-ring (bicyclic) bond motifs is 1. The number of anilines is 1. The van der Waals surface area contributed by atoms with Gasteiger partial charge in [-0.2, -0.15) is 0 Å². The van der Waals surface area contributed by atoms with E-state index in [1.54, 1.807) is 0 Å². The highest BCUT2D eigenvalue weighted by molar-refractivity contribution is 6.34. The van der Waals surface area contributed by atoms with E-state index in [-0.39, 0.29) is 33.6 Å². The van der Waals surface area contributed by atoms with E-state index in [4.69, 9.17) is 0 Å². The molecule has 3 aromatic carbocycles. The number of benzene rings is 3. The summed E-state index contributed by atoms with van der Waals surface area (Å²) in [5.41, 5.74) is 0.345. The van der Waals surface area contributed by atoms with Gasteiger partial charge in [-0.3, -0.25) is 24.5 Å². The molecule has 0 fully saturated rings. The fraction of sp³-hybridized carbons (Fsp3) is 0. The van der Waals surface area contributed by atoms with Gasteiger partial charge in [-0.1, -0.05) is 18.2 Å². The monoisotopic (exact) mass is 390 g/mol. The standard InChI is InChI=1S/C21H11FN2O5/c22-14-5-7-15(8-6-14)23-20(26)17-9-4-13(11-18(17)21(23)27)19(25)12-2-1-3-16(10-12)24(28)29/h1-11H. The van der Waals surface area contributed by atoms with Gasteiger partial charge in [0.25, 0.3) is 17.5 Å². The number of nitrogens with zero attached hydrogens (tertiary/aromatic N) is 2.